The van der Waals surface area contributed by atoms with Crippen LogP contribution in [0.3, 0.4) is 0 Å². The molecule has 2 unspecified atom stereocenters. The number of anilines is 2. The number of thioether (sulfide) groups is 1. The minimum absolute atomic E-state index is 0.101. The number of nitrogens with one attached hydrogen (secondary N) is 2. The van der Waals surface area contributed by atoms with Gasteiger partial charge in [-0.05, 0) is 42.7 Å². The van der Waals surface area contributed by atoms with Crippen LogP contribution in [0.15, 0.2) is 83.8 Å². The molecule has 35 heavy (non-hydrogen) atoms. The number of amides is 2. The van der Waals surface area contributed by atoms with Crippen LogP contribution in [0.4, 0.5) is 11.4 Å². The molecule has 1 aliphatic rings. The summed E-state index contributed by atoms with van der Waals surface area (Å²) in [6.45, 7) is -0.580. The number of carbonyl (C=O) groups excluding carboxylic acids is 3. The fourth-order valence-corrected chi connectivity index (χ4v) is 4.62. The molecule has 3 aromatic rings. The number of Topliss-reactive ketones (excluding diaryl/α,β-unsaturated/α-hetero) is 1. The first-order valence-electron chi connectivity index (χ1n) is 10.8. The van der Waals surface area contributed by atoms with E-state index < -0.39 is 41.8 Å². The first-order chi connectivity index (χ1) is 16.9. The van der Waals surface area contributed by atoms with E-state index in [4.69, 9.17) is 4.74 Å². The van der Waals surface area contributed by atoms with E-state index in [1.165, 1.54) is 11.8 Å². The summed E-state index contributed by atoms with van der Waals surface area (Å²) < 4.78 is 5.78. The summed E-state index contributed by atoms with van der Waals surface area (Å²) in [6.07, 6.45) is -2.44. The molecule has 8 nitrogen and oxygen atoms in total. The maximum absolute atomic E-state index is 13.9. The number of fused-ring (bicyclic) bond motifs is 1. The van der Waals surface area contributed by atoms with Crippen molar-refractivity contribution in [2.45, 2.75) is 17.1 Å². The van der Waals surface area contributed by atoms with Crippen molar-refractivity contribution in [1.29, 1.82) is 0 Å². The normalized spacial score (nSPS) is 18.5. The minimum atomic E-state index is -2.30. The fourth-order valence-electron chi connectivity index (χ4n) is 4.01. The van der Waals surface area contributed by atoms with Gasteiger partial charge in [-0.25, -0.2) is 0 Å². The highest BCUT2D eigenvalue weighted by Crippen LogP contribution is 2.43. The lowest BCUT2D eigenvalue weighted by Crippen LogP contribution is -2.63. The third-order valence-corrected chi connectivity index (χ3v) is 6.66. The molecule has 0 aliphatic carbocycles. The zero-order valence-electron chi connectivity index (χ0n) is 18.8. The Morgan fingerprint density at radius 2 is 1.37 bits per heavy atom. The van der Waals surface area contributed by atoms with Gasteiger partial charge in [-0.2, -0.15) is 0 Å². The van der Waals surface area contributed by atoms with E-state index >= 15 is 0 Å². The first-order valence-corrected chi connectivity index (χ1v) is 12.0. The Bertz CT molecular complexity index is 1160. The molecule has 0 spiro atoms. The Hall–Kier alpha value is -3.66. The Labute approximate surface area is 206 Å². The molecule has 2 amide bonds. The highest BCUT2D eigenvalue weighted by molar-refractivity contribution is 7.98. The van der Waals surface area contributed by atoms with Gasteiger partial charge >= 0.3 is 0 Å². The maximum Gasteiger partial charge on any atom is 0.254 e. The van der Waals surface area contributed by atoms with E-state index in [-0.39, 0.29) is 11.3 Å². The van der Waals surface area contributed by atoms with Crippen molar-refractivity contribution in [3.05, 3.63) is 84.4 Å². The van der Waals surface area contributed by atoms with E-state index in [1.807, 2.05) is 0 Å². The zero-order valence-corrected chi connectivity index (χ0v) is 19.6. The largest absolute Gasteiger partial charge is 0.491 e. The Balaban J connectivity index is 1.75. The molecular weight excluding hydrogens is 468 g/mol. The van der Waals surface area contributed by atoms with Crippen LogP contribution in [0, 0.1) is 5.41 Å². The summed E-state index contributed by atoms with van der Waals surface area (Å²) in [5.74, 6) is -2.41. The predicted molar refractivity (Wildman–Crippen MR) is 133 cm³/mol. The number of benzene rings is 3. The van der Waals surface area contributed by atoms with Crippen LogP contribution in [0.2, 0.25) is 0 Å². The predicted octanol–water partition coefficient (Wildman–Crippen LogP) is 2.97. The van der Waals surface area contributed by atoms with E-state index in [9.17, 15) is 24.6 Å². The second-order valence-electron chi connectivity index (χ2n) is 8.01. The van der Waals surface area contributed by atoms with Crippen LogP contribution >= 0.6 is 11.8 Å². The van der Waals surface area contributed by atoms with Crippen molar-refractivity contribution in [3.63, 3.8) is 0 Å². The summed E-state index contributed by atoms with van der Waals surface area (Å²) in [5, 5.41) is 27.6. The van der Waals surface area contributed by atoms with Crippen molar-refractivity contribution < 1.29 is 29.3 Å². The molecule has 0 aromatic heterocycles. The van der Waals surface area contributed by atoms with Crippen LogP contribution in [0.25, 0.3) is 0 Å². The monoisotopic (exact) mass is 492 g/mol. The molecule has 1 aliphatic heterocycles. The molecule has 2 atom stereocenters. The van der Waals surface area contributed by atoms with Gasteiger partial charge in [-0.3, -0.25) is 14.4 Å². The van der Waals surface area contributed by atoms with Gasteiger partial charge in [-0.1, -0.05) is 42.5 Å². The van der Waals surface area contributed by atoms with Crippen LogP contribution in [-0.4, -0.2) is 52.9 Å². The van der Waals surface area contributed by atoms with E-state index in [0.717, 1.165) is 0 Å². The van der Waals surface area contributed by atoms with E-state index in [1.54, 1.807) is 85.1 Å². The quantitative estimate of drug-likeness (QED) is 0.374. The lowest BCUT2D eigenvalue weighted by molar-refractivity contribution is -0.147. The highest BCUT2D eigenvalue weighted by Gasteiger charge is 2.60. The lowest BCUT2D eigenvalue weighted by Gasteiger charge is -2.41. The third kappa shape index (κ3) is 4.66. The summed E-state index contributed by atoms with van der Waals surface area (Å²) >= 11 is 1.27. The minimum Gasteiger partial charge on any atom is -0.491 e. The van der Waals surface area contributed by atoms with Gasteiger partial charge in [0.15, 0.2) is 18.0 Å². The standard InChI is InChI=1S/C26H24N2O6S/c1-35-19-14-8-13-18-20(19)21(29)26(15-34-18,22(30)24(32)27-16-9-4-2-5-10-16)23(31)25(33)28-17-11-6-3-7-12-17/h2-14,22-23,30-31H,15H2,1H3,(H,27,32)(H,28,33). The number of hydrogen-bond donors (Lipinski definition) is 4. The molecule has 0 bridgehead atoms. The number of aliphatic hydroxyl groups excluding tert-OH is 2. The molecule has 0 radical (unpaired) electrons. The molecule has 180 valence electrons. The van der Waals surface area contributed by atoms with Gasteiger partial charge < -0.3 is 25.6 Å². The van der Waals surface area contributed by atoms with Gasteiger partial charge in [0.05, 0.1) is 5.56 Å². The average Bonchev–Trinajstić information content (AvgIpc) is 2.89. The lowest BCUT2D eigenvalue weighted by atomic mass is 9.69. The summed E-state index contributed by atoms with van der Waals surface area (Å²) in [7, 11) is 0. The van der Waals surface area contributed by atoms with Crippen molar-refractivity contribution in [2.24, 2.45) is 5.41 Å². The summed E-state index contributed by atoms with van der Waals surface area (Å²) in [5.41, 5.74) is -1.44. The third-order valence-electron chi connectivity index (χ3n) is 5.88. The second kappa shape index (κ2) is 10.3. The van der Waals surface area contributed by atoms with Crippen LogP contribution in [0.1, 0.15) is 10.4 Å². The smallest absolute Gasteiger partial charge is 0.254 e. The molecule has 9 heteroatoms. The van der Waals surface area contributed by atoms with Gasteiger partial charge in [0.25, 0.3) is 11.8 Å². The molecule has 0 saturated carbocycles. The van der Waals surface area contributed by atoms with Gasteiger partial charge in [0.2, 0.25) is 0 Å². The highest BCUT2D eigenvalue weighted by atomic mass is 32.2. The molecular formula is C26H24N2O6S. The van der Waals surface area contributed by atoms with Crippen molar-refractivity contribution in [1.82, 2.24) is 0 Å². The number of para-hydroxylation sites is 2. The second-order valence-corrected chi connectivity index (χ2v) is 8.86. The number of aliphatic hydroxyl groups is 2. The van der Waals surface area contributed by atoms with Crippen LogP contribution in [0.5, 0.6) is 5.75 Å². The van der Waals surface area contributed by atoms with Gasteiger partial charge in [-0.15, -0.1) is 11.8 Å². The number of hydrogen-bond acceptors (Lipinski definition) is 7. The number of ketones is 1. The number of ether oxygens (including phenoxy) is 1. The van der Waals surface area contributed by atoms with Crippen molar-refractivity contribution in [3.8, 4) is 5.75 Å². The molecule has 0 saturated heterocycles. The van der Waals surface area contributed by atoms with Crippen LogP contribution < -0.4 is 15.4 Å². The van der Waals surface area contributed by atoms with Gasteiger partial charge in [0, 0.05) is 16.3 Å². The van der Waals surface area contributed by atoms with Crippen molar-refractivity contribution >= 4 is 40.7 Å². The van der Waals surface area contributed by atoms with Crippen LogP contribution in [-0.2, 0) is 9.59 Å². The fraction of sp³-hybridized carbons (Fsp3) is 0.192. The Morgan fingerprint density at radius 3 is 1.86 bits per heavy atom. The molecule has 4 rings (SSSR count). The average molecular weight is 493 g/mol. The molecule has 3 aromatic carbocycles. The molecule has 1 heterocycles. The van der Waals surface area contributed by atoms with Crippen molar-refractivity contribution in [2.75, 3.05) is 23.5 Å². The topological polar surface area (TPSA) is 125 Å². The Morgan fingerprint density at radius 1 is 0.857 bits per heavy atom. The first kappa shape index (κ1) is 24.5. The summed E-state index contributed by atoms with van der Waals surface area (Å²) in [4.78, 5) is 40.7. The molecule has 4 N–H and O–H groups in total. The number of carbonyl (C=O) groups is 3. The molecule has 0 fully saturated rings. The van der Waals surface area contributed by atoms with E-state index in [2.05, 4.69) is 10.6 Å². The SMILES string of the molecule is CSc1cccc2c1C(=O)C(C(O)C(=O)Nc1ccccc1)(C(O)C(=O)Nc1ccccc1)CO2. The maximum atomic E-state index is 13.9. The summed E-state index contributed by atoms with van der Waals surface area (Å²) in [6, 6.07) is 21.7. The Kier molecular flexibility index (Phi) is 7.20. The van der Waals surface area contributed by atoms with E-state index in [0.29, 0.717) is 16.3 Å². The zero-order chi connectivity index (χ0) is 25.0. The number of rotatable bonds is 7. The van der Waals surface area contributed by atoms with Gasteiger partial charge in [0.1, 0.15) is 17.8 Å².